The van der Waals surface area contributed by atoms with Gasteiger partial charge in [0, 0.05) is 42.5 Å². The van der Waals surface area contributed by atoms with Crippen molar-refractivity contribution in [2.75, 3.05) is 31.5 Å². The fraction of sp³-hybridized carbons (Fsp3) is 0.167. The summed E-state index contributed by atoms with van der Waals surface area (Å²) in [5, 5.41) is 3.25. The van der Waals surface area contributed by atoms with E-state index in [-0.39, 0.29) is 16.8 Å². The van der Waals surface area contributed by atoms with E-state index in [9.17, 15) is 13.2 Å². The van der Waals surface area contributed by atoms with Crippen molar-refractivity contribution in [1.82, 2.24) is 9.21 Å². The Hall–Kier alpha value is -3.49. The van der Waals surface area contributed by atoms with E-state index in [0.717, 1.165) is 0 Å². The molecule has 0 aliphatic carbocycles. The van der Waals surface area contributed by atoms with Crippen LogP contribution in [0.5, 0.6) is 0 Å². The molecule has 1 saturated heterocycles. The molecule has 0 unspecified atom stereocenters. The first-order valence-corrected chi connectivity index (χ1v) is 14.2. The number of nitrogens with one attached hydrogen (secondary N) is 1. The van der Waals surface area contributed by atoms with Crippen LogP contribution in [0.3, 0.4) is 0 Å². The summed E-state index contributed by atoms with van der Waals surface area (Å²) >= 11 is 5.97. The molecule has 4 aromatic carbocycles. The number of nitrogens with zero attached hydrogens (tertiary/aromatic N) is 2. The number of sulfonamides is 1. The number of hydrogen-bond acceptors (Lipinski definition) is 4. The van der Waals surface area contributed by atoms with Gasteiger partial charge in [0.05, 0.1) is 10.9 Å². The van der Waals surface area contributed by atoms with Crippen LogP contribution in [0.4, 0.5) is 5.69 Å². The normalized spacial score (nSPS) is 14.9. The number of piperazine rings is 1. The van der Waals surface area contributed by atoms with Gasteiger partial charge in [-0.1, -0.05) is 78.3 Å². The van der Waals surface area contributed by atoms with Crippen LogP contribution >= 0.6 is 11.6 Å². The number of halogens is 1. The van der Waals surface area contributed by atoms with Gasteiger partial charge in [0.2, 0.25) is 10.0 Å². The Labute approximate surface area is 228 Å². The lowest BCUT2D eigenvalue weighted by Gasteiger charge is -2.39. The first-order valence-electron chi connectivity index (χ1n) is 12.4. The maximum atomic E-state index is 13.4. The van der Waals surface area contributed by atoms with Crippen molar-refractivity contribution < 1.29 is 13.2 Å². The van der Waals surface area contributed by atoms with Gasteiger partial charge in [-0.3, -0.25) is 9.69 Å². The number of benzene rings is 4. The standard InChI is InChI=1S/C30H28ClN3O3S/c31-26-13-7-12-25(22-26)30(35)32-27-14-16-28(17-15-27)38(36,37)34-20-18-33(19-21-34)29(23-8-3-1-4-9-23)24-10-5-2-6-11-24/h1-17,22,29H,18-21H2,(H,32,35). The first-order chi connectivity index (χ1) is 18.4. The lowest BCUT2D eigenvalue weighted by atomic mass is 9.96. The molecule has 0 radical (unpaired) electrons. The van der Waals surface area contributed by atoms with E-state index in [1.807, 2.05) is 36.4 Å². The fourth-order valence-corrected chi connectivity index (χ4v) is 6.39. The third-order valence-electron chi connectivity index (χ3n) is 6.71. The SMILES string of the molecule is O=C(Nc1ccc(S(=O)(=O)N2CCN(C(c3ccccc3)c3ccccc3)CC2)cc1)c1cccc(Cl)c1. The highest BCUT2D eigenvalue weighted by Gasteiger charge is 2.32. The lowest BCUT2D eigenvalue weighted by molar-refractivity contribution is 0.102. The molecule has 0 spiro atoms. The number of carbonyl (C=O) groups excluding carboxylic acids is 1. The zero-order valence-corrected chi connectivity index (χ0v) is 22.3. The molecule has 5 rings (SSSR count). The summed E-state index contributed by atoms with van der Waals surface area (Å²) in [6.45, 7) is 2.01. The minimum Gasteiger partial charge on any atom is -0.322 e. The largest absolute Gasteiger partial charge is 0.322 e. The molecule has 4 aromatic rings. The number of hydrogen-bond donors (Lipinski definition) is 1. The Kier molecular flexibility index (Phi) is 7.90. The van der Waals surface area contributed by atoms with Gasteiger partial charge in [0.1, 0.15) is 0 Å². The predicted molar refractivity (Wildman–Crippen MR) is 151 cm³/mol. The molecule has 1 heterocycles. The van der Waals surface area contributed by atoms with E-state index in [4.69, 9.17) is 11.6 Å². The monoisotopic (exact) mass is 545 g/mol. The van der Waals surface area contributed by atoms with Gasteiger partial charge in [-0.05, 0) is 53.6 Å². The molecule has 1 aliphatic heterocycles. The Balaban J connectivity index is 1.26. The highest BCUT2D eigenvalue weighted by atomic mass is 35.5. The van der Waals surface area contributed by atoms with Crippen LogP contribution in [-0.4, -0.2) is 49.7 Å². The van der Waals surface area contributed by atoms with Crippen molar-refractivity contribution >= 4 is 33.2 Å². The van der Waals surface area contributed by atoms with E-state index in [2.05, 4.69) is 34.5 Å². The molecule has 0 saturated carbocycles. The van der Waals surface area contributed by atoms with E-state index < -0.39 is 10.0 Å². The summed E-state index contributed by atoms with van der Waals surface area (Å²) in [7, 11) is -3.67. The van der Waals surface area contributed by atoms with E-state index >= 15 is 0 Å². The van der Waals surface area contributed by atoms with Crippen LogP contribution in [-0.2, 0) is 10.0 Å². The molecule has 0 aromatic heterocycles. The Morgan fingerprint density at radius 3 is 1.87 bits per heavy atom. The number of anilines is 1. The molecule has 0 atom stereocenters. The highest BCUT2D eigenvalue weighted by Crippen LogP contribution is 2.30. The summed E-state index contributed by atoms with van der Waals surface area (Å²) < 4.78 is 28.3. The molecule has 194 valence electrons. The molecule has 38 heavy (non-hydrogen) atoms. The second-order valence-electron chi connectivity index (χ2n) is 9.15. The van der Waals surface area contributed by atoms with Crippen LogP contribution in [0.1, 0.15) is 27.5 Å². The van der Waals surface area contributed by atoms with Crippen LogP contribution in [0, 0.1) is 0 Å². The van der Waals surface area contributed by atoms with Crippen molar-refractivity contribution in [1.29, 1.82) is 0 Å². The van der Waals surface area contributed by atoms with E-state index in [1.54, 1.807) is 36.4 Å². The summed E-state index contributed by atoms with van der Waals surface area (Å²) in [4.78, 5) is 15.0. The number of carbonyl (C=O) groups is 1. The number of rotatable bonds is 7. The maximum Gasteiger partial charge on any atom is 0.255 e. The van der Waals surface area contributed by atoms with Crippen molar-refractivity contribution in [3.63, 3.8) is 0 Å². The fourth-order valence-electron chi connectivity index (χ4n) is 4.78. The average Bonchev–Trinajstić information content (AvgIpc) is 2.95. The third-order valence-corrected chi connectivity index (χ3v) is 8.85. The smallest absolute Gasteiger partial charge is 0.255 e. The Morgan fingerprint density at radius 1 is 0.737 bits per heavy atom. The van der Waals surface area contributed by atoms with Gasteiger partial charge in [0.25, 0.3) is 5.91 Å². The second kappa shape index (κ2) is 11.5. The molecular weight excluding hydrogens is 518 g/mol. The quantitative estimate of drug-likeness (QED) is 0.324. The van der Waals surface area contributed by atoms with Crippen molar-refractivity contribution in [3.05, 3.63) is 131 Å². The Bertz CT molecular complexity index is 1450. The lowest BCUT2D eigenvalue weighted by Crippen LogP contribution is -2.49. The van der Waals surface area contributed by atoms with Gasteiger partial charge < -0.3 is 5.32 Å². The van der Waals surface area contributed by atoms with Gasteiger partial charge in [-0.2, -0.15) is 4.31 Å². The molecule has 1 amide bonds. The van der Waals surface area contributed by atoms with E-state index in [0.29, 0.717) is 42.5 Å². The minimum absolute atomic E-state index is 0.0599. The summed E-state index contributed by atoms with van der Waals surface area (Å²) in [5.74, 6) is -0.314. The molecule has 1 aliphatic rings. The zero-order valence-electron chi connectivity index (χ0n) is 20.7. The maximum absolute atomic E-state index is 13.4. The van der Waals surface area contributed by atoms with Gasteiger partial charge >= 0.3 is 0 Å². The average molecular weight is 546 g/mol. The summed E-state index contributed by atoms with van der Waals surface area (Å²) in [6.07, 6.45) is 0. The van der Waals surface area contributed by atoms with Crippen molar-refractivity contribution in [2.24, 2.45) is 0 Å². The van der Waals surface area contributed by atoms with Gasteiger partial charge in [0.15, 0.2) is 0 Å². The summed E-state index contributed by atoms with van der Waals surface area (Å²) in [5.41, 5.74) is 3.31. The van der Waals surface area contributed by atoms with E-state index in [1.165, 1.54) is 27.6 Å². The van der Waals surface area contributed by atoms with Gasteiger partial charge in [-0.25, -0.2) is 8.42 Å². The molecule has 6 nitrogen and oxygen atoms in total. The second-order valence-corrected chi connectivity index (χ2v) is 11.5. The molecule has 0 bridgehead atoms. The number of amides is 1. The predicted octanol–water partition coefficient (Wildman–Crippen LogP) is 5.69. The summed E-state index contributed by atoms with van der Waals surface area (Å²) in [6, 6.07) is 33.6. The van der Waals surface area contributed by atoms with Crippen LogP contribution in [0.2, 0.25) is 5.02 Å². The van der Waals surface area contributed by atoms with Crippen molar-refractivity contribution in [3.8, 4) is 0 Å². The van der Waals surface area contributed by atoms with Crippen molar-refractivity contribution in [2.45, 2.75) is 10.9 Å². The minimum atomic E-state index is -3.67. The molecule has 8 heteroatoms. The van der Waals surface area contributed by atoms with Crippen LogP contribution < -0.4 is 5.32 Å². The van der Waals surface area contributed by atoms with Gasteiger partial charge in [-0.15, -0.1) is 0 Å². The topological polar surface area (TPSA) is 69.7 Å². The molecule has 1 N–H and O–H groups in total. The first kappa shape index (κ1) is 26.1. The highest BCUT2D eigenvalue weighted by molar-refractivity contribution is 7.89. The van der Waals surface area contributed by atoms with Crippen LogP contribution in [0.15, 0.2) is 114 Å². The molecule has 1 fully saturated rings. The zero-order chi connectivity index (χ0) is 26.5. The van der Waals surface area contributed by atoms with Crippen LogP contribution in [0.25, 0.3) is 0 Å². The Morgan fingerprint density at radius 2 is 1.32 bits per heavy atom. The third kappa shape index (κ3) is 5.81. The molecular formula is C30H28ClN3O3S.